The summed E-state index contributed by atoms with van der Waals surface area (Å²) in [7, 11) is 1.59. The van der Waals surface area contributed by atoms with Gasteiger partial charge in [-0.25, -0.2) is 0 Å². The van der Waals surface area contributed by atoms with Crippen LogP contribution < -0.4 is 15.4 Å². The topological polar surface area (TPSA) is 42.5 Å². The quantitative estimate of drug-likeness (QED) is 0.837. The second-order valence-electron chi connectivity index (χ2n) is 4.32. The van der Waals surface area contributed by atoms with E-state index < -0.39 is 0 Å². The number of ether oxygens (including phenoxy) is 2. The van der Waals surface area contributed by atoms with Crippen LogP contribution in [0.15, 0.2) is 18.2 Å². The Morgan fingerprint density at radius 3 is 3.05 bits per heavy atom. The molecule has 19 heavy (non-hydrogen) atoms. The molecule has 1 heterocycles. The molecule has 1 saturated heterocycles. The van der Waals surface area contributed by atoms with Crippen molar-refractivity contribution in [2.75, 3.05) is 25.6 Å². The van der Waals surface area contributed by atoms with E-state index in [1.165, 1.54) is 0 Å². The van der Waals surface area contributed by atoms with Gasteiger partial charge in [0.15, 0.2) is 5.11 Å². The van der Waals surface area contributed by atoms with Gasteiger partial charge in [0.05, 0.1) is 18.2 Å². The molecule has 0 saturated carbocycles. The molecule has 0 unspecified atom stereocenters. The number of benzene rings is 1. The SMILES string of the molecule is COc1ccc(NC(=S)NC[C@H]2CCCO2)cc1Cl. The highest BCUT2D eigenvalue weighted by Crippen LogP contribution is 2.27. The summed E-state index contributed by atoms with van der Waals surface area (Å²) in [6, 6.07) is 5.44. The lowest BCUT2D eigenvalue weighted by Crippen LogP contribution is -2.34. The van der Waals surface area contributed by atoms with Crippen LogP contribution in [-0.2, 0) is 4.74 Å². The van der Waals surface area contributed by atoms with Crippen molar-refractivity contribution in [1.82, 2.24) is 5.32 Å². The third kappa shape index (κ3) is 4.23. The van der Waals surface area contributed by atoms with Gasteiger partial charge < -0.3 is 20.1 Å². The molecule has 1 atom stereocenters. The monoisotopic (exact) mass is 300 g/mol. The summed E-state index contributed by atoms with van der Waals surface area (Å²) in [5.41, 5.74) is 0.829. The molecule has 6 heteroatoms. The molecule has 1 aromatic rings. The summed E-state index contributed by atoms with van der Waals surface area (Å²) < 4.78 is 10.6. The highest BCUT2D eigenvalue weighted by molar-refractivity contribution is 7.80. The Morgan fingerprint density at radius 2 is 2.42 bits per heavy atom. The number of rotatable bonds is 4. The van der Waals surface area contributed by atoms with Crippen molar-refractivity contribution in [2.24, 2.45) is 0 Å². The Hall–Kier alpha value is -1.04. The molecular weight excluding hydrogens is 284 g/mol. The van der Waals surface area contributed by atoms with Crippen molar-refractivity contribution in [1.29, 1.82) is 0 Å². The van der Waals surface area contributed by atoms with E-state index in [0.717, 1.165) is 31.7 Å². The smallest absolute Gasteiger partial charge is 0.170 e. The Labute approximate surface area is 123 Å². The highest BCUT2D eigenvalue weighted by atomic mass is 35.5. The molecule has 2 rings (SSSR count). The van der Waals surface area contributed by atoms with Gasteiger partial charge in [-0.2, -0.15) is 0 Å². The minimum absolute atomic E-state index is 0.263. The van der Waals surface area contributed by atoms with E-state index in [1.807, 2.05) is 6.07 Å². The first-order valence-electron chi connectivity index (χ1n) is 6.19. The van der Waals surface area contributed by atoms with Crippen molar-refractivity contribution in [2.45, 2.75) is 18.9 Å². The van der Waals surface area contributed by atoms with E-state index in [-0.39, 0.29) is 6.10 Å². The average Bonchev–Trinajstić information content (AvgIpc) is 2.90. The zero-order valence-corrected chi connectivity index (χ0v) is 12.3. The molecule has 1 aliphatic rings. The van der Waals surface area contributed by atoms with E-state index in [9.17, 15) is 0 Å². The molecule has 1 aromatic carbocycles. The zero-order chi connectivity index (χ0) is 13.7. The molecular formula is C13H17ClN2O2S. The predicted octanol–water partition coefficient (Wildman–Crippen LogP) is 2.81. The van der Waals surface area contributed by atoms with Crippen molar-refractivity contribution < 1.29 is 9.47 Å². The first-order valence-corrected chi connectivity index (χ1v) is 6.97. The molecule has 0 bridgehead atoms. The molecule has 0 radical (unpaired) electrons. The van der Waals surface area contributed by atoms with Gasteiger partial charge in [0.1, 0.15) is 5.75 Å². The van der Waals surface area contributed by atoms with Crippen molar-refractivity contribution in [3.8, 4) is 5.75 Å². The number of anilines is 1. The Morgan fingerprint density at radius 1 is 1.58 bits per heavy atom. The summed E-state index contributed by atoms with van der Waals surface area (Å²) in [6.07, 6.45) is 2.48. The molecule has 0 aromatic heterocycles. The second-order valence-corrected chi connectivity index (χ2v) is 5.13. The van der Waals surface area contributed by atoms with Crippen molar-refractivity contribution in [3.63, 3.8) is 0 Å². The summed E-state index contributed by atoms with van der Waals surface area (Å²) in [5, 5.41) is 7.34. The van der Waals surface area contributed by atoms with Crippen LogP contribution in [0, 0.1) is 0 Å². The lowest BCUT2D eigenvalue weighted by Gasteiger charge is -2.14. The number of thiocarbonyl (C=S) groups is 1. The van der Waals surface area contributed by atoms with Crippen molar-refractivity contribution >= 4 is 34.6 Å². The maximum atomic E-state index is 6.04. The van der Waals surface area contributed by atoms with Crippen LogP contribution in [0.4, 0.5) is 5.69 Å². The fraction of sp³-hybridized carbons (Fsp3) is 0.462. The van der Waals surface area contributed by atoms with Gasteiger partial charge in [-0.05, 0) is 43.3 Å². The van der Waals surface area contributed by atoms with Crippen LogP contribution >= 0.6 is 23.8 Å². The first-order chi connectivity index (χ1) is 9.19. The minimum Gasteiger partial charge on any atom is -0.495 e. The van der Waals surface area contributed by atoms with Gasteiger partial charge in [0.25, 0.3) is 0 Å². The number of halogens is 1. The zero-order valence-electron chi connectivity index (χ0n) is 10.7. The second kappa shape index (κ2) is 6.93. The molecule has 2 N–H and O–H groups in total. The van der Waals surface area contributed by atoms with Crippen molar-refractivity contribution in [3.05, 3.63) is 23.2 Å². The number of hydrogen-bond donors (Lipinski definition) is 2. The van der Waals surface area contributed by atoms with E-state index in [2.05, 4.69) is 10.6 Å². The summed E-state index contributed by atoms with van der Waals surface area (Å²) in [4.78, 5) is 0. The average molecular weight is 301 g/mol. The molecule has 1 fully saturated rings. The van der Waals surface area contributed by atoms with Gasteiger partial charge in [0, 0.05) is 18.8 Å². The van der Waals surface area contributed by atoms with Crippen LogP contribution in [0.5, 0.6) is 5.75 Å². The predicted molar refractivity (Wildman–Crippen MR) is 81.2 cm³/mol. The molecule has 0 aliphatic carbocycles. The number of hydrogen-bond acceptors (Lipinski definition) is 3. The molecule has 0 spiro atoms. The largest absolute Gasteiger partial charge is 0.495 e. The summed E-state index contributed by atoms with van der Waals surface area (Å²) in [5.74, 6) is 0.644. The molecule has 4 nitrogen and oxygen atoms in total. The Balaban J connectivity index is 1.82. The van der Waals surface area contributed by atoms with E-state index in [4.69, 9.17) is 33.3 Å². The number of methoxy groups -OCH3 is 1. The molecule has 1 aliphatic heterocycles. The summed E-state index contributed by atoms with van der Waals surface area (Å²) >= 11 is 11.3. The Kier molecular flexibility index (Phi) is 5.24. The van der Waals surface area contributed by atoms with Crippen LogP contribution in [0.3, 0.4) is 0 Å². The lowest BCUT2D eigenvalue weighted by atomic mass is 10.2. The van der Waals surface area contributed by atoms with Gasteiger partial charge >= 0.3 is 0 Å². The number of nitrogens with one attached hydrogen (secondary N) is 2. The lowest BCUT2D eigenvalue weighted by molar-refractivity contribution is 0.114. The van der Waals surface area contributed by atoms with Gasteiger partial charge in [-0.1, -0.05) is 11.6 Å². The molecule has 104 valence electrons. The third-order valence-electron chi connectivity index (χ3n) is 2.92. The van der Waals surface area contributed by atoms with Crippen LogP contribution in [0.2, 0.25) is 5.02 Å². The molecule has 0 amide bonds. The van der Waals surface area contributed by atoms with Gasteiger partial charge in [0.2, 0.25) is 0 Å². The van der Waals surface area contributed by atoms with Crippen LogP contribution in [0.1, 0.15) is 12.8 Å². The Bertz CT molecular complexity index is 450. The van der Waals surface area contributed by atoms with Crippen LogP contribution in [-0.4, -0.2) is 31.5 Å². The first kappa shape index (κ1) is 14.4. The maximum Gasteiger partial charge on any atom is 0.170 e. The minimum atomic E-state index is 0.263. The fourth-order valence-corrected chi connectivity index (χ4v) is 2.39. The van der Waals surface area contributed by atoms with Gasteiger partial charge in [-0.15, -0.1) is 0 Å². The highest BCUT2D eigenvalue weighted by Gasteiger charge is 2.15. The van der Waals surface area contributed by atoms with E-state index in [0.29, 0.717) is 15.9 Å². The normalized spacial score (nSPS) is 18.1. The maximum absolute atomic E-state index is 6.04. The van der Waals surface area contributed by atoms with E-state index in [1.54, 1.807) is 19.2 Å². The van der Waals surface area contributed by atoms with E-state index >= 15 is 0 Å². The summed E-state index contributed by atoms with van der Waals surface area (Å²) in [6.45, 7) is 1.58. The van der Waals surface area contributed by atoms with Gasteiger partial charge in [-0.3, -0.25) is 0 Å². The fourth-order valence-electron chi connectivity index (χ4n) is 1.93. The van der Waals surface area contributed by atoms with Crippen LogP contribution in [0.25, 0.3) is 0 Å². The standard InChI is InChI=1S/C13H17ClN2O2S/c1-17-12-5-4-9(7-11(12)14)16-13(19)15-8-10-3-2-6-18-10/h4-5,7,10H,2-3,6,8H2,1H3,(H2,15,16,19)/t10-/m1/s1. The third-order valence-corrected chi connectivity index (χ3v) is 3.47.